The summed E-state index contributed by atoms with van der Waals surface area (Å²) in [4.78, 5) is 0. The van der Waals surface area contributed by atoms with E-state index in [1.54, 1.807) is 0 Å². The first kappa shape index (κ1) is 12.3. The summed E-state index contributed by atoms with van der Waals surface area (Å²) in [5.74, 6) is 0. The van der Waals surface area contributed by atoms with E-state index in [0.29, 0.717) is 5.56 Å². The molecule has 0 fully saturated rings. The Morgan fingerprint density at radius 2 is 1.94 bits per heavy atom. The van der Waals surface area contributed by atoms with E-state index in [2.05, 4.69) is 30.4 Å². The van der Waals surface area contributed by atoms with Crippen molar-refractivity contribution >= 4 is 0 Å². The van der Waals surface area contributed by atoms with E-state index in [1.807, 2.05) is 36.4 Å². The van der Waals surface area contributed by atoms with Crippen molar-refractivity contribution in [3.63, 3.8) is 0 Å². The molecule has 0 aliphatic heterocycles. The number of hydrogen-bond donors (Lipinski definition) is 1. The molecule has 0 radical (unpaired) electrons. The fourth-order valence-corrected chi connectivity index (χ4v) is 1.97. The molecule has 0 unspecified atom stereocenters. The molecular weight excluding hydrogens is 220 g/mol. The van der Waals surface area contributed by atoms with Crippen LogP contribution < -0.4 is 5.32 Å². The minimum Gasteiger partial charge on any atom is -0.313 e. The monoisotopic (exact) mass is 236 g/mol. The zero-order chi connectivity index (χ0) is 12.8. The van der Waals surface area contributed by atoms with Crippen molar-refractivity contribution in [3.05, 3.63) is 59.7 Å². The third kappa shape index (κ3) is 2.77. The molecule has 0 aromatic heterocycles. The second-order valence-electron chi connectivity index (χ2n) is 4.13. The van der Waals surface area contributed by atoms with Crippen LogP contribution in [0.2, 0.25) is 0 Å². The molecule has 90 valence electrons. The Kier molecular flexibility index (Phi) is 4.11. The van der Waals surface area contributed by atoms with Crippen LogP contribution in [0, 0.1) is 11.3 Å². The molecule has 18 heavy (non-hydrogen) atoms. The van der Waals surface area contributed by atoms with Crippen LogP contribution >= 0.6 is 0 Å². The molecule has 2 heteroatoms. The topological polar surface area (TPSA) is 35.8 Å². The van der Waals surface area contributed by atoms with Crippen LogP contribution in [0.25, 0.3) is 11.1 Å². The summed E-state index contributed by atoms with van der Waals surface area (Å²) in [5, 5.41) is 12.3. The van der Waals surface area contributed by atoms with Gasteiger partial charge in [-0.05, 0) is 35.4 Å². The van der Waals surface area contributed by atoms with Gasteiger partial charge in [0, 0.05) is 6.54 Å². The summed E-state index contributed by atoms with van der Waals surface area (Å²) in [7, 11) is 0. The van der Waals surface area contributed by atoms with Crippen LogP contribution in [-0.2, 0) is 6.54 Å². The highest BCUT2D eigenvalue weighted by Gasteiger charge is 2.04. The van der Waals surface area contributed by atoms with Crippen molar-refractivity contribution in [1.82, 2.24) is 5.32 Å². The lowest BCUT2D eigenvalue weighted by Gasteiger charge is -2.10. The molecule has 2 nitrogen and oxygen atoms in total. The normalized spacial score (nSPS) is 10.0. The maximum absolute atomic E-state index is 8.96. The highest BCUT2D eigenvalue weighted by Crippen LogP contribution is 2.24. The Bertz CT molecular complexity index is 567. The highest BCUT2D eigenvalue weighted by molar-refractivity contribution is 5.68. The predicted octanol–water partition coefficient (Wildman–Crippen LogP) is 3.33. The van der Waals surface area contributed by atoms with Crippen molar-refractivity contribution < 1.29 is 0 Å². The van der Waals surface area contributed by atoms with Crippen LogP contribution in [0.4, 0.5) is 0 Å². The first-order valence-corrected chi connectivity index (χ1v) is 6.14. The molecule has 0 bridgehead atoms. The minimum atomic E-state index is 0.700. The number of rotatable bonds is 4. The van der Waals surface area contributed by atoms with E-state index in [-0.39, 0.29) is 0 Å². The standard InChI is InChI=1S/C16H16N2/c1-2-18-12-15-7-3-4-9-16(15)14-8-5-6-13(10-14)11-17/h3-10,18H,2,12H2,1H3. The van der Waals surface area contributed by atoms with Crippen LogP contribution in [0.3, 0.4) is 0 Å². The predicted molar refractivity (Wildman–Crippen MR) is 74.0 cm³/mol. The average Bonchev–Trinajstić information content (AvgIpc) is 2.45. The van der Waals surface area contributed by atoms with Gasteiger partial charge in [-0.25, -0.2) is 0 Å². The summed E-state index contributed by atoms with van der Waals surface area (Å²) in [6, 6.07) is 18.2. The average molecular weight is 236 g/mol. The third-order valence-electron chi connectivity index (χ3n) is 2.89. The highest BCUT2D eigenvalue weighted by atomic mass is 14.8. The smallest absolute Gasteiger partial charge is 0.0991 e. The van der Waals surface area contributed by atoms with Gasteiger partial charge >= 0.3 is 0 Å². The first-order valence-electron chi connectivity index (χ1n) is 6.14. The lowest BCUT2D eigenvalue weighted by atomic mass is 9.98. The molecule has 1 N–H and O–H groups in total. The van der Waals surface area contributed by atoms with E-state index < -0.39 is 0 Å². The van der Waals surface area contributed by atoms with Crippen molar-refractivity contribution in [2.45, 2.75) is 13.5 Å². The minimum absolute atomic E-state index is 0.700. The number of nitriles is 1. The molecule has 2 aromatic rings. The van der Waals surface area contributed by atoms with E-state index in [9.17, 15) is 0 Å². The van der Waals surface area contributed by atoms with Gasteiger partial charge in [-0.2, -0.15) is 5.26 Å². The Morgan fingerprint density at radius 1 is 1.11 bits per heavy atom. The van der Waals surface area contributed by atoms with Crippen LogP contribution in [0.15, 0.2) is 48.5 Å². The Hall–Kier alpha value is -2.11. The number of hydrogen-bond acceptors (Lipinski definition) is 2. The summed E-state index contributed by atoms with van der Waals surface area (Å²) in [5.41, 5.74) is 4.25. The molecule has 0 aliphatic carbocycles. The van der Waals surface area contributed by atoms with Crippen LogP contribution in [0.1, 0.15) is 18.1 Å². The van der Waals surface area contributed by atoms with E-state index in [4.69, 9.17) is 5.26 Å². The van der Waals surface area contributed by atoms with Crippen molar-refractivity contribution in [2.75, 3.05) is 6.54 Å². The first-order chi connectivity index (χ1) is 8.85. The molecule has 0 saturated heterocycles. The Balaban J connectivity index is 2.40. The second kappa shape index (κ2) is 6.00. The van der Waals surface area contributed by atoms with Gasteiger partial charge in [0.05, 0.1) is 11.6 Å². The quantitative estimate of drug-likeness (QED) is 0.883. The van der Waals surface area contributed by atoms with Gasteiger partial charge in [0.2, 0.25) is 0 Å². The van der Waals surface area contributed by atoms with Gasteiger partial charge in [0.1, 0.15) is 0 Å². The molecule has 2 rings (SSSR count). The molecule has 0 amide bonds. The van der Waals surface area contributed by atoms with Gasteiger partial charge in [-0.1, -0.05) is 43.3 Å². The summed E-state index contributed by atoms with van der Waals surface area (Å²) >= 11 is 0. The lowest BCUT2D eigenvalue weighted by molar-refractivity contribution is 0.728. The zero-order valence-corrected chi connectivity index (χ0v) is 10.5. The maximum atomic E-state index is 8.96. The number of nitrogens with zero attached hydrogens (tertiary/aromatic N) is 1. The van der Waals surface area contributed by atoms with E-state index >= 15 is 0 Å². The van der Waals surface area contributed by atoms with Crippen molar-refractivity contribution in [1.29, 1.82) is 5.26 Å². The fraction of sp³-hybridized carbons (Fsp3) is 0.188. The van der Waals surface area contributed by atoms with E-state index in [1.165, 1.54) is 11.1 Å². The SMILES string of the molecule is CCNCc1ccccc1-c1cccc(C#N)c1. The Morgan fingerprint density at radius 3 is 2.72 bits per heavy atom. The summed E-state index contributed by atoms with van der Waals surface area (Å²) in [6.07, 6.45) is 0. The third-order valence-corrected chi connectivity index (χ3v) is 2.89. The molecule has 2 aromatic carbocycles. The van der Waals surface area contributed by atoms with Crippen LogP contribution in [-0.4, -0.2) is 6.54 Å². The van der Waals surface area contributed by atoms with Gasteiger partial charge in [-0.3, -0.25) is 0 Å². The summed E-state index contributed by atoms with van der Waals surface area (Å²) in [6.45, 7) is 3.90. The molecule has 0 aliphatic rings. The van der Waals surface area contributed by atoms with Crippen molar-refractivity contribution in [2.24, 2.45) is 0 Å². The fourth-order valence-electron chi connectivity index (χ4n) is 1.97. The molecule has 0 atom stereocenters. The molecule has 0 saturated carbocycles. The molecular formula is C16H16N2. The zero-order valence-electron chi connectivity index (χ0n) is 10.5. The van der Waals surface area contributed by atoms with Gasteiger partial charge in [0.15, 0.2) is 0 Å². The summed E-state index contributed by atoms with van der Waals surface area (Å²) < 4.78 is 0. The van der Waals surface area contributed by atoms with Gasteiger partial charge in [0.25, 0.3) is 0 Å². The Labute approximate surface area is 108 Å². The van der Waals surface area contributed by atoms with Gasteiger partial charge < -0.3 is 5.32 Å². The maximum Gasteiger partial charge on any atom is 0.0991 e. The largest absolute Gasteiger partial charge is 0.313 e. The number of benzene rings is 2. The van der Waals surface area contributed by atoms with Gasteiger partial charge in [-0.15, -0.1) is 0 Å². The second-order valence-corrected chi connectivity index (χ2v) is 4.13. The molecule has 0 heterocycles. The van der Waals surface area contributed by atoms with E-state index in [0.717, 1.165) is 18.7 Å². The molecule has 0 spiro atoms. The van der Waals surface area contributed by atoms with Crippen molar-refractivity contribution in [3.8, 4) is 17.2 Å². The lowest BCUT2D eigenvalue weighted by Crippen LogP contribution is -2.12. The van der Waals surface area contributed by atoms with Crippen LogP contribution in [0.5, 0.6) is 0 Å². The number of nitrogens with one attached hydrogen (secondary N) is 1.